The maximum Gasteiger partial charge on any atom is 0.227 e. The van der Waals surface area contributed by atoms with Gasteiger partial charge in [-0.05, 0) is 117 Å². The molecule has 6 heteroatoms. The number of nitriles is 1. The molecule has 0 spiro atoms. The predicted molar refractivity (Wildman–Crippen MR) is 175 cm³/mol. The maximum atomic E-state index is 12.7. The third-order valence-electron chi connectivity index (χ3n) is 9.56. The van der Waals surface area contributed by atoms with E-state index in [4.69, 9.17) is 5.26 Å². The quantitative estimate of drug-likeness (QED) is 0.317. The Morgan fingerprint density at radius 1 is 0.698 bits per heavy atom. The molecule has 0 heterocycles. The maximum absolute atomic E-state index is 12.7. The Hall–Kier alpha value is -3.46. The number of nitrogens with zero attached hydrogens (tertiary/aromatic N) is 1. The number of ketones is 1. The van der Waals surface area contributed by atoms with Crippen LogP contribution < -0.4 is 10.6 Å². The van der Waals surface area contributed by atoms with Crippen LogP contribution in [0.4, 0.5) is 11.4 Å². The molecule has 4 rings (SSSR count). The highest BCUT2D eigenvalue weighted by molar-refractivity contribution is 5.96. The molecule has 0 radical (unpaired) electrons. The number of rotatable bonds is 7. The molecule has 0 aliphatic heterocycles. The molecule has 2 aliphatic carbocycles. The van der Waals surface area contributed by atoms with Crippen LogP contribution in [0.1, 0.15) is 103 Å². The van der Waals surface area contributed by atoms with Gasteiger partial charge in [-0.1, -0.05) is 54.4 Å². The van der Waals surface area contributed by atoms with E-state index in [2.05, 4.69) is 58.2 Å². The van der Waals surface area contributed by atoms with E-state index in [0.717, 1.165) is 37.1 Å². The van der Waals surface area contributed by atoms with Crippen molar-refractivity contribution in [3.63, 3.8) is 0 Å². The van der Waals surface area contributed by atoms with Crippen LogP contribution in [0.3, 0.4) is 0 Å². The lowest BCUT2D eigenvalue weighted by atomic mass is 9.70. The standard InChI is InChI=1S/C19H27NO2.C18H24N2O/c1-12(2)17-10-5-13(3)11-18(17)19(22)20-16-8-6-15(7-9-16)14(4)21;1-12(2)16-9-4-13(3)10-17(16)18(21)20-15-7-5-14(11-19)6-8-15/h6-9,12-13,17-18H,5,10-11H2,1-4H3,(H,20,22);5-8,12-13,16-17H,4,9-10H2,1-3H3,(H,20,21). The van der Waals surface area contributed by atoms with Crippen molar-refractivity contribution >= 4 is 29.0 Å². The number of benzene rings is 2. The van der Waals surface area contributed by atoms with E-state index in [1.165, 1.54) is 12.8 Å². The van der Waals surface area contributed by atoms with Crippen molar-refractivity contribution in [1.82, 2.24) is 0 Å². The molecule has 232 valence electrons. The number of Topliss-reactive ketones (excluding diaryl/α,β-unsaturated/α-hetero) is 1. The van der Waals surface area contributed by atoms with Gasteiger partial charge in [0.2, 0.25) is 11.8 Å². The number of nitrogens with one attached hydrogen (secondary N) is 2. The number of carbonyl (C=O) groups is 3. The zero-order valence-electron chi connectivity index (χ0n) is 27.2. The molecule has 6 unspecified atom stereocenters. The predicted octanol–water partition coefficient (Wildman–Crippen LogP) is 8.74. The second kappa shape index (κ2) is 15.8. The summed E-state index contributed by atoms with van der Waals surface area (Å²) in [5.74, 6) is 3.73. The summed E-state index contributed by atoms with van der Waals surface area (Å²) >= 11 is 0. The summed E-state index contributed by atoms with van der Waals surface area (Å²) in [6.45, 7) is 14.9. The van der Waals surface area contributed by atoms with Gasteiger partial charge in [0.15, 0.2) is 5.78 Å². The fourth-order valence-corrected chi connectivity index (χ4v) is 6.89. The first-order chi connectivity index (χ1) is 20.4. The molecule has 2 saturated carbocycles. The highest BCUT2D eigenvalue weighted by atomic mass is 16.2. The summed E-state index contributed by atoms with van der Waals surface area (Å²) in [7, 11) is 0. The van der Waals surface area contributed by atoms with Crippen LogP contribution in [0.15, 0.2) is 48.5 Å². The van der Waals surface area contributed by atoms with Gasteiger partial charge in [0.1, 0.15) is 0 Å². The molecular formula is C37H51N3O3. The lowest BCUT2D eigenvalue weighted by Gasteiger charge is -2.36. The van der Waals surface area contributed by atoms with E-state index in [1.54, 1.807) is 43.3 Å². The molecule has 2 aliphatic rings. The lowest BCUT2D eigenvalue weighted by molar-refractivity contribution is -0.124. The minimum absolute atomic E-state index is 0.0406. The van der Waals surface area contributed by atoms with Gasteiger partial charge < -0.3 is 10.6 Å². The van der Waals surface area contributed by atoms with Crippen molar-refractivity contribution in [3.05, 3.63) is 59.7 Å². The first-order valence-electron chi connectivity index (χ1n) is 16.1. The van der Waals surface area contributed by atoms with Crippen LogP contribution >= 0.6 is 0 Å². The van der Waals surface area contributed by atoms with Crippen LogP contribution in [0.2, 0.25) is 0 Å². The van der Waals surface area contributed by atoms with E-state index >= 15 is 0 Å². The SMILES string of the molecule is CC(=O)c1ccc(NC(=O)C2CC(C)CCC2C(C)C)cc1.CC1CCC(C(C)C)C(C(=O)Nc2ccc(C#N)cc2)C1. The van der Waals surface area contributed by atoms with Gasteiger partial charge in [-0.2, -0.15) is 5.26 Å². The molecule has 6 nitrogen and oxygen atoms in total. The molecule has 43 heavy (non-hydrogen) atoms. The highest BCUT2D eigenvalue weighted by Gasteiger charge is 2.36. The minimum Gasteiger partial charge on any atom is -0.326 e. The van der Waals surface area contributed by atoms with Gasteiger partial charge in [-0.3, -0.25) is 14.4 Å². The van der Waals surface area contributed by atoms with Crippen LogP contribution in [-0.2, 0) is 9.59 Å². The molecule has 2 fully saturated rings. The Balaban J connectivity index is 0.000000236. The Kier molecular flexibility index (Phi) is 12.5. The van der Waals surface area contributed by atoms with Crippen molar-refractivity contribution in [2.45, 2.75) is 87.0 Å². The van der Waals surface area contributed by atoms with E-state index in [-0.39, 0.29) is 29.4 Å². The minimum atomic E-state index is 0.0406. The first-order valence-corrected chi connectivity index (χ1v) is 16.1. The summed E-state index contributed by atoms with van der Waals surface area (Å²) in [5.41, 5.74) is 2.83. The average Bonchev–Trinajstić information content (AvgIpc) is 2.97. The van der Waals surface area contributed by atoms with Crippen molar-refractivity contribution < 1.29 is 14.4 Å². The average molecular weight is 586 g/mol. The zero-order valence-corrected chi connectivity index (χ0v) is 27.2. The van der Waals surface area contributed by atoms with Gasteiger partial charge in [-0.15, -0.1) is 0 Å². The van der Waals surface area contributed by atoms with Gasteiger partial charge in [0, 0.05) is 28.8 Å². The molecule has 6 atom stereocenters. The summed E-state index contributed by atoms with van der Waals surface area (Å²) in [4.78, 5) is 36.6. The van der Waals surface area contributed by atoms with Crippen LogP contribution in [0.25, 0.3) is 0 Å². The number of hydrogen-bond acceptors (Lipinski definition) is 4. The molecule has 2 aromatic carbocycles. The molecular weight excluding hydrogens is 534 g/mol. The van der Waals surface area contributed by atoms with Crippen LogP contribution in [0, 0.1) is 58.7 Å². The lowest BCUT2D eigenvalue weighted by Crippen LogP contribution is -2.36. The summed E-state index contributed by atoms with van der Waals surface area (Å²) < 4.78 is 0. The molecule has 2 aromatic rings. The van der Waals surface area contributed by atoms with Gasteiger partial charge >= 0.3 is 0 Å². The number of amides is 2. The number of anilines is 2. The van der Waals surface area contributed by atoms with E-state index < -0.39 is 0 Å². The van der Waals surface area contributed by atoms with Gasteiger partial charge in [-0.25, -0.2) is 0 Å². The van der Waals surface area contributed by atoms with Crippen LogP contribution in [-0.4, -0.2) is 17.6 Å². The third kappa shape index (κ3) is 9.78. The highest BCUT2D eigenvalue weighted by Crippen LogP contribution is 2.39. The Morgan fingerprint density at radius 3 is 1.44 bits per heavy atom. The summed E-state index contributed by atoms with van der Waals surface area (Å²) in [6, 6.07) is 16.3. The van der Waals surface area contributed by atoms with Crippen molar-refractivity contribution in [1.29, 1.82) is 5.26 Å². The monoisotopic (exact) mass is 585 g/mol. The molecule has 0 saturated heterocycles. The van der Waals surface area contributed by atoms with Gasteiger partial charge in [0.05, 0.1) is 11.6 Å². The fraction of sp³-hybridized carbons (Fsp3) is 0.568. The van der Waals surface area contributed by atoms with Crippen molar-refractivity contribution in [2.24, 2.45) is 47.3 Å². The van der Waals surface area contributed by atoms with E-state index in [9.17, 15) is 14.4 Å². The fourth-order valence-electron chi connectivity index (χ4n) is 6.89. The molecule has 0 aromatic heterocycles. The van der Waals surface area contributed by atoms with Crippen LogP contribution in [0.5, 0.6) is 0 Å². The Labute approximate surface area is 259 Å². The third-order valence-corrected chi connectivity index (χ3v) is 9.56. The first kappa shape index (κ1) is 34.0. The van der Waals surface area contributed by atoms with Crippen molar-refractivity contribution in [3.8, 4) is 6.07 Å². The molecule has 2 amide bonds. The normalized spacial score (nSPS) is 25.2. The molecule has 2 N–H and O–H groups in total. The second-order valence-corrected chi connectivity index (χ2v) is 13.7. The number of carbonyl (C=O) groups excluding carboxylic acids is 3. The topological polar surface area (TPSA) is 99.1 Å². The van der Waals surface area contributed by atoms with Crippen molar-refractivity contribution in [2.75, 3.05) is 10.6 Å². The molecule has 0 bridgehead atoms. The largest absolute Gasteiger partial charge is 0.326 e. The zero-order chi connectivity index (χ0) is 31.7. The summed E-state index contributed by atoms with van der Waals surface area (Å²) in [6.07, 6.45) is 6.68. The Morgan fingerprint density at radius 2 is 1.09 bits per heavy atom. The summed E-state index contributed by atoms with van der Waals surface area (Å²) in [5, 5.41) is 14.9. The van der Waals surface area contributed by atoms with E-state index in [0.29, 0.717) is 46.6 Å². The van der Waals surface area contributed by atoms with Gasteiger partial charge in [0.25, 0.3) is 0 Å². The Bertz CT molecular complexity index is 1260. The number of hydrogen-bond donors (Lipinski definition) is 2. The smallest absolute Gasteiger partial charge is 0.227 e. The second-order valence-electron chi connectivity index (χ2n) is 13.7. The van der Waals surface area contributed by atoms with E-state index in [1.807, 2.05) is 12.1 Å².